The Kier molecular flexibility index (Phi) is 5.37. The summed E-state index contributed by atoms with van der Waals surface area (Å²) in [5.41, 5.74) is 10.2. The van der Waals surface area contributed by atoms with E-state index in [1.807, 2.05) is 0 Å². The second kappa shape index (κ2) is 6.56. The number of hydrogen-bond acceptors (Lipinski definition) is 4. The summed E-state index contributed by atoms with van der Waals surface area (Å²) in [6.07, 6.45) is 2.90. The predicted octanol–water partition coefficient (Wildman–Crippen LogP) is -0.734. The van der Waals surface area contributed by atoms with Gasteiger partial charge >= 0.3 is 0 Å². The molecule has 1 fully saturated rings. The quantitative estimate of drug-likeness (QED) is 0.534. The van der Waals surface area contributed by atoms with Crippen molar-refractivity contribution < 1.29 is 14.3 Å². The lowest BCUT2D eigenvalue weighted by Crippen LogP contribution is -2.57. The molecule has 17 heavy (non-hydrogen) atoms. The standard InChI is InChI=1S/C11H21N3O3/c12-9(15)3-1-2-6-14-10(16)11(13)4-7-17-8-5-11/h1-8,13H2,(H2,12,15)(H,14,16). The third-order valence-corrected chi connectivity index (χ3v) is 2.97. The van der Waals surface area contributed by atoms with Gasteiger partial charge in [0, 0.05) is 26.2 Å². The Morgan fingerprint density at radius 3 is 2.47 bits per heavy atom. The molecule has 1 aliphatic rings. The minimum absolute atomic E-state index is 0.125. The molecule has 0 atom stereocenters. The van der Waals surface area contributed by atoms with Crippen molar-refractivity contribution in [3.63, 3.8) is 0 Å². The number of primary amides is 1. The van der Waals surface area contributed by atoms with E-state index in [2.05, 4.69) is 5.32 Å². The lowest BCUT2D eigenvalue weighted by molar-refractivity contribution is -0.129. The molecule has 6 heteroatoms. The number of nitrogens with two attached hydrogens (primary N) is 2. The Hall–Kier alpha value is -1.14. The second-order valence-electron chi connectivity index (χ2n) is 4.45. The van der Waals surface area contributed by atoms with Gasteiger partial charge in [0.15, 0.2) is 0 Å². The molecule has 1 heterocycles. The highest BCUT2D eigenvalue weighted by Gasteiger charge is 2.35. The van der Waals surface area contributed by atoms with Crippen LogP contribution in [0.5, 0.6) is 0 Å². The van der Waals surface area contributed by atoms with Gasteiger partial charge in [0.1, 0.15) is 0 Å². The molecule has 0 aliphatic carbocycles. The van der Waals surface area contributed by atoms with E-state index in [0.29, 0.717) is 45.4 Å². The molecule has 0 aromatic rings. The zero-order valence-electron chi connectivity index (χ0n) is 10.0. The first kappa shape index (κ1) is 13.9. The summed E-state index contributed by atoms with van der Waals surface area (Å²) in [7, 11) is 0. The van der Waals surface area contributed by atoms with E-state index in [-0.39, 0.29) is 11.8 Å². The molecule has 0 aromatic carbocycles. The van der Waals surface area contributed by atoms with Crippen molar-refractivity contribution in [2.24, 2.45) is 11.5 Å². The van der Waals surface area contributed by atoms with Crippen molar-refractivity contribution in [3.05, 3.63) is 0 Å². The fraction of sp³-hybridized carbons (Fsp3) is 0.818. The summed E-state index contributed by atoms with van der Waals surface area (Å²) >= 11 is 0. The third kappa shape index (κ3) is 4.70. The lowest BCUT2D eigenvalue weighted by atomic mass is 9.90. The summed E-state index contributed by atoms with van der Waals surface area (Å²) in [6.45, 7) is 1.60. The van der Waals surface area contributed by atoms with Crippen molar-refractivity contribution in [2.75, 3.05) is 19.8 Å². The van der Waals surface area contributed by atoms with Crippen LogP contribution in [0.1, 0.15) is 32.1 Å². The van der Waals surface area contributed by atoms with Crippen LogP contribution in [0, 0.1) is 0 Å². The monoisotopic (exact) mass is 243 g/mol. The first-order chi connectivity index (χ1) is 8.04. The minimum Gasteiger partial charge on any atom is -0.381 e. The zero-order chi connectivity index (χ0) is 12.7. The molecule has 1 saturated heterocycles. The Balaban J connectivity index is 2.17. The molecule has 0 saturated carbocycles. The molecular weight excluding hydrogens is 222 g/mol. The van der Waals surface area contributed by atoms with Crippen molar-refractivity contribution >= 4 is 11.8 Å². The molecule has 98 valence electrons. The smallest absolute Gasteiger partial charge is 0.240 e. The highest BCUT2D eigenvalue weighted by atomic mass is 16.5. The maximum absolute atomic E-state index is 11.8. The van der Waals surface area contributed by atoms with E-state index in [9.17, 15) is 9.59 Å². The van der Waals surface area contributed by atoms with Gasteiger partial charge in [-0.3, -0.25) is 9.59 Å². The summed E-state index contributed by atoms with van der Waals surface area (Å²) in [5.74, 6) is -0.434. The highest BCUT2D eigenvalue weighted by molar-refractivity contribution is 5.86. The number of rotatable bonds is 6. The average Bonchev–Trinajstić information content (AvgIpc) is 2.29. The Bertz CT molecular complexity index is 275. The third-order valence-electron chi connectivity index (χ3n) is 2.97. The van der Waals surface area contributed by atoms with Gasteiger partial charge in [-0.25, -0.2) is 0 Å². The molecule has 0 unspecified atom stereocenters. The summed E-state index contributed by atoms with van der Waals surface area (Å²) in [4.78, 5) is 22.3. The molecule has 0 aromatic heterocycles. The van der Waals surface area contributed by atoms with Crippen molar-refractivity contribution in [3.8, 4) is 0 Å². The molecule has 6 nitrogen and oxygen atoms in total. The van der Waals surface area contributed by atoms with E-state index in [4.69, 9.17) is 16.2 Å². The topological polar surface area (TPSA) is 107 Å². The average molecular weight is 243 g/mol. The highest BCUT2D eigenvalue weighted by Crippen LogP contribution is 2.17. The van der Waals surface area contributed by atoms with Gasteiger partial charge in [-0.05, 0) is 25.7 Å². The molecule has 5 N–H and O–H groups in total. The fourth-order valence-electron chi connectivity index (χ4n) is 1.76. The van der Waals surface area contributed by atoms with Crippen molar-refractivity contribution in [1.82, 2.24) is 5.32 Å². The van der Waals surface area contributed by atoms with E-state index in [1.54, 1.807) is 0 Å². The lowest BCUT2D eigenvalue weighted by Gasteiger charge is -2.31. The van der Waals surface area contributed by atoms with Gasteiger partial charge in [-0.2, -0.15) is 0 Å². The Morgan fingerprint density at radius 2 is 1.88 bits per heavy atom. The van der Waals surface area contributed by atoms with Gasteiger partial charge in [0.05, 0.1) is 5.54 Å². The van der Waals surface area contributed by atoms with Gasteiger partial charge < -0.3 is 21.5 Å². The molecule has 1 rings (SSSR count). The van der Waals surface area contributed by atoms with Crippen LogP contribution in [0.25, 0.3) is 0 Å². The predicted molar refractivity (Wildman–Crippen MR) is 63.0 cm³/mol. The molecular formula is C11H21N3O3. The van der Waals surface area contributed by atoms with Gasteiger partial charge in [-0.1, -0.05) is 0 Å². The van der Waals surface area contributed by atoms with Crippen LogP contribution in [0.15, 0.2) is 0 Å². The number of amides is 2. The Morgan fingerprint density at radius 1 is 1.24 bits per heavy atom. The van der Waals surface area contributed by atoms with Crippen LogP contribution in [0.3, 0.4) is 0 Å². The molecule has 0 radical (unpaired) electrons. The first-order valence-electron chi connectivity index (χ1n) is 5.98. The van der Waals surface area contributed by atoms with E-state index < -0.39 is 5.54 Å². The Labute approximate surface area is 101 Å². The van der Waals surface area contributed by atoms with E-state index >= 15 is 0 Å². The molecule has 2 amide bonds. The van der Waals surface area contributed by atoms with Gasteiger partial charge in [0.2, 0.25) is 11.8 Å². The summed E-state index contributed by atoms with van der Waals surface area (Å²) in [6, 6.07) is 0. The van der Waals surface area contributed by atoms with Crippen LogP contribution in [-0.2, 0) is 14.3 Å². The SMILES string of the molecule is NC(=O)CCCCNC(=O)C1(N)CCOCC1. The van der Waals surface area contributed by atoms with Gasteiger partial charge in [0.25, 0.3) is 0 Å². The van der Waals surface area contributed by atoms with Crippen molar-refractivity contribution in [2.45, 2.75) is 37.6 Å². The maximum atomic E-state index is 11.8. The second-order valence-corrected chi connectivity index (χ2v) is 4.45. The summed E-state index contributed by atoms with van der Waals surface area (Å²) in [5, 5.41) is 2.80. The number of hydrogen-bond donors (Lipinski definition) is 3. The molecule has 1 aliphatic heterocycles. The van der Waals surface area contributed by atoms with Crippen LogP contribution < -0.4 is 16.8 Å². The number of ether oxygens (including phenoxy) is 1. The summed E-state index contributed by atoms with van der Waals surface area (Å²) < 4.78 is 5.17. The van der Waals surface area contributed by atoms with Crippen LogP contribution in [0.4, 0.5) is 0 Å². The number of carbonyl (C=O) groups excluding carboxylic acids is 2. The van der Waals surface area contributed by atoms with Crippen LogP contribution >= 0.6 is 0 Å². The minimum atomic E-state index is -0.790. The van der Waals surface area contributed by atoms with E-state index in [0.717, 1.165) is 6.42 Å². The molecule has 0 bridgehead atoms. The fourth-order valence-corrected chi connectivity index (χ4v) is 1.76. The first-order valence-corrected chi connectivity index (χ1v) is 5.98. The van der Waals surface area contributed by atoms with Crippen molar-refractivity contribution in [1.29, 1.82) is 0 Å². The van der Waals surface area contributed by atoms with Crippen LogP contribution in [-0.4, -0.2) is 37.1 Å². The van der Waals surface area contributed by atoms with Gasteiger partial charge in [-0.15, -0.1) is 0 Å². The number of unbranched alkanes of at least 4 members (excludes halogenated alkanes) is 1. The number of nitrogens with one attached hydrogen (secondary N) is 1. The number of carbonyl (C=O) groups is 2. The van der Waals surface area contributed by atoms with Crippen LogP contribution in [0.2, 0.25) is 0 Å². The normalized spacial score (nSPS) is 18.6. The van der Waals surface area contributed by atoms with E-state index in [1.165, 1.54) is 0 Å². The largest absolute Gasteiger partial charge is 0.381 e. The zero-order valence-corrected chi connectivity index (χ0v) is 10.0. The maximum Gasteiger partial charge on any atom is 0.240 e. The molecule has 0 spiro atoms.